The number of nitrogens with one attached hydrogen (secondary N) is 1. The summed E-state index contributed by atoms with van der Waals surface area (Å²) in [6, 6.07) is 3.46. The van der Waals surface area contributed by atoms with E-state index in [0.717, 1.165) is 15.5 Å². The molecule has 2 rings (SSSR count). The molecule has 5 heteroatoms. The van der Waals surface area contributed by atoms with Crippen LogP contribution in [-0.2, 0) is 0 Å². The maximum Gasteiger partial charge on any atom is 0.110 e. The van der Waals surface area contributed by atoms with E-state index in [1.165, 1.54) is 0 Å². The molecule has 3 nitrogen and oxygen atoms in total. The number of fused-ring (bicyclic) bond motifs is 1. The van der Waals surface area contributed by atoms with E-state index in [1.807, 2.05) is 0 Å². The molecule has 0 aliphatic carbocycles. The Labute approximate surface area is 82.0 Å². The highest BCUT2D eigenvalue weighted by Crippen LogP contribution is 2.29. The number of anilines is 1. The first-order valence-corrected chi connectivity index (χ1v) is 4.44. The van der Waals surface area contributed by atoms with Crippen molar-refractivity contribution in [2.45, 2.75) is 0 Å². The number of benzene rings is 1. The Morgan fingerprint density at radius 2 is 2.25 bits per heavy atom. The molecule has 0 saturated carbocycles. The molecular formula is C7H5BrClN3. The van der Waals surface area contributed by atoms with Crippen LogP contribution in [0.3, 0.4) is 0 Å². The van der Waals surface area contributed by atoms with Gasteiger partial charge in [0.15, 0.2) is 0 Å². The van der Waals surface area contributed by atoms with Gasteiger partial charge in [-0.1, -0.05) is 11.6 Å². The number of H-pyrrole nitrogens is 1. The number of nitrogen functional groups attached to an aromatic ring is 1. The van der Waals surface area contributed by atoms with E-state index in [-0.39, 0.29) is 0 Å². The fourth-order valence-corrected chi connectivity index (χ4v) is 1.85. The maximum absolute atomic E-state index is 5.78. The summed E-state index contributed by atoms with van der Waals surface area (Å²) < 4.78 is 0.784. The van der Waals surface area contributed by atoms with Crippen LogP contribution in [0.5, 0.6) is 0 Å². The van der Waals surface area contributed by atoms with Crippen molar-refractivity contribution in [3.63, 3.8) is 0 Å². The Balaban J connectivity index is 2.93. The normalized spacial score (nSPS) is 10.8. The van der Waals surface area contributed by atoms with Crippen LogP contribution in [0.25, 0.3) is 10.9 Å². The minimum atomic E-state index is 0.596. The summed E-state index contributed by atoms with van der Waals surface area (Å²) in [4.78, 5) is 0. The summed E-state index contributed by atoms with van der Waals surface area (Å²) in [5, 5.41) is 8.25. The Morgan fingerprint density at radius 3 is 3.00 bits per heavy atom. The topological polar surface area (TPSA) is 54.7 Å². The minimum Gasteiger partial charge on any atom is -0.398 e. The van der Waals surface area contributed by atoms with Crippen LogP contribution in [0.4, 0.5) is 5.69 Å². The molecule has 12 heavy (non-hydrogen) atoms. The summed E-state index contributed by atoms with van der Waals surface area (Å²) in [6.07, 6.45) is 0. The molecule has 1 aromatic carbocycles. The molecule has 0 radical (unpaired) electrons. The van der Waals surface area contributed by atoms with Gasteiger partial charge in [0.05, 0.1) is 10.9 Å². The zero-order valence-corrected chi connectivity index (χ0v) is 8.28. The average Bonchev–Trinajstić information content (AvgIpc) is 2.31. The van der Waals surface area contributed by atoms with Crippen molar-refractivity contribution in [2.24, 2.45) is 0 Å². The maximum atomic E-state index is 5.78. The van der Waals surface area contributed by atoms with Gasteiger partial charge in [-0.15, -0.1) is 0 Å². The first-order chi connectivity index (χ1) is 5.68. The predicted molar refractivity (Wildman–Crippen MR) is 53.2 cm³/mol. The number of rotatable bonds is 0. The van der Waals surface area contributed by atoms with Gasteiger partial charge in [0.1, 0.15) is 4.60 Å². The van der Waals surface area contributed by atoms with Gasteiger partial charge in [0.2, 0.25) is 0 Å². The quantitative estimate of drug-likeness (QED) is 0.702. The van der Waals surface area contributed by atoms with Crippen LogP contribution in [-0.4, -0.2) is 10.2 Å². The van der Waals surface area contributed by atoms with Gasteiger partial charge in [-0.2, -0.15) is 5.10 Å². The van der Waals surface area contributed by atoms with E-state index < -0.39 is 0 Å². The van der Waals surface area contributed by atoms with Gasteiger partial charge in [0.25, 0.3) is 0 Å². The lowest BCUT2D eigenvalue weighted by molar-refractivity contribution is 1.10. The second kappa shape index (κ2) is 2.64. The smallest absolute Gasteiger partial charge is 0.110 e. The van der Waals surface area contributed by atoms with Crippen LogP contribution < -0.4 is 5.73 Å². The van der Waals surface area contributed by atoms with E-state index in [4.69, 9.17) is 17.3 Å². The van der Waals surface area contributed by atoms with Crippen LogP contribution in [0.15, 0.2) is 16.7 Å². The number of aromatic nitrogens is 2. The molecule has 0 amide bonds. The highest BCUT2D eigenvalue weighted by atomic mass is 79.9. The molecule has 0 atom stereocenters. The molecule has 0 spiro atoms. The van der Waals surface area contributed by atoms with Crippen molar-refractivity contribution in [2.75, 3.05) is 5.73 Å². The SMILES string of the molecule is Nc1cc(Cl)cc2n[nH]c(Br)c12. The van der Waals surface area contributed by atoms with Crippen molar-refractivity contribution >= 4 is 44.1 Å². The fraction of sp³-hybridized carbons (Fsp3) is 0. The number of nitrogens with two attached hydrogens (primary N) is 1. The number of nitrogens with zero attached hydrogens (tertiary/aromatic N) is 1. The molecule has 0 bridgehead atoms. The third-order valence-corrected chi connectivity index (χ3v) is 2.40. The molecule has 0 aliphatic heterocycles. The number of hydrogen-bond acceptors (Lipinski definition) is 2. The third kappa shape index (κ3) is 1.07. The molecule has 0 aliphatic rings. The highest BCUT2D eigenvalue weighted by molar-refractivity contribution is 9.10. The van der Waals surface area contributed by atoms with E-state index in [2.05, 4.69) is 26.1 Å². The largest absolute Gasteiger partial charge is 0.398 e. The van der Waals surface area contributed by atoms with Crippen molar-refractivity contribution in [1.29, 1.82) is 0 Å². The van der Waals surface area contributed by atoms with E-state index in [1.54, 1.807) is 12.1 Å². The Morgan fingerprint density at radius 1 is 1.50 bits per heavy atom. The van der Waals surface area contributed by atoms with E-state index in [9.17, 15) is 0 Å². The molecule has 2 aromatic rings. The summed E-state index contributed by atoms with van der Waals surface area (Å²) in [5.74, 6) is 0. The lowest BCUT2D eigenvalue weighted by Crippen LogP contribution is -1.85. The first kappa shape index (κ1) is 7.89. The lowest BCUT2D eigenvalue weighted by atomic mass is 10.2. The van der Waals surface area contributed by atoms with Crippen molar-refractivity contribution in [1.82, 2.24) is 10.2 Å². The van der Waals surface area contributed by atoms with Crippen molar-refractivity contribution in [3.8, 4) is 0 Å². The van der Waals surface area contributed by atoms with E-state index in [0.29, 0.717) is 10.7 Å². The number of hydrogen-bond donors (Lipinski definition) is 2. The molecule has 3 N–H and O–H groups in total. The highest BCUT2D eigenvalue weighted by Gasteiger charge is 2.06. The zero-order valence-electron chi connectivity index (χ0n) is 5.94. The monoisotopic (exact) mass is 245 g/mol. The van der Waals surface area contributed by atoms with Gasteiger partial charge in [-0.3, -0.25) is 5.10 Å². The molecule has 62 valence electrons. The van der Waals surface area contributed by atoms with Crippen LogP contribution >= 0.6 is 27.5 Å². The molecule has 1 aromatic heterocycles. The molecule has 0 unspecified atom stereocenters. The fourth-order valence-electron chi connectivity index (χ4n) is 1.11. The van der Waals surface area contributed by atoms with Crippen LogP contribution in [0, 0.1) is 0 Å². The van der Waals surface area contributed by atoms with Crippen molar-refractivity contribution < 1.29 is 0 Å². The number of aromatic amines is 1. The number of halogens is 2. The summed E-state index contributed by atoms with van der Waals surface area (Å²) in [5.41, 5.74) is 7.12. The standard InChI is InChI=1S/C7H5BrClN3/c8-7-6-4(10)1-3(9)2-5(6)11-12-7/h1-2H,10H2,(H,11,12). The summed E-state index contributed by atoms with van der Waals surface area (Å²) in [7, 11) is 0. The molecule has 0 saturated heterocycles. The van der Waals surface area contributed by atoms with Gasteiger partial charge in [-0.05, 0) is 28.1 Å². The average molecular weight is 246 g/mol. The van der Waals surface area contributed by atoms with Gasteiger partial charge in [0, 0.05) is 10.7 Å². The minimum absolute atomic E-state index is 0.596. The van der Waals surface area contributed by atoms with Crippen LogP contribution in [0.1, 0.15) is 0 Å². The van der Waals surface area contributed by atoms with Gasteiger partial charge < -0.3 is 5.73 Å². The summed E-state index contributed by atoms with van der Waals surface area (Å²) in [6.45, 7) is 0. The second-order valence-electron chi connectivity index (χ2n) is 2.43. The summed E-state index contributed by atoms with van der Waals surface area (Å²) >= 11 is 9.09. The Kier molecular flexibility index (Phi) is 1.73. The predicted octanol–water partition coefficient (Wildman–Crippen LogP) is 2.56. The molecule has 0 fully saturated rings. The molecular weight excluding hydrogens is 241 g/mol. The van der Waals surface area contributed by atoms with E-state index >= 15 is 0 Å². The first-order valence-electron chi connectivity index (χ1n) is 3.27. The molecule has 1 heterocycles. The Hall–Kier alpha value is -0.740. The van der Waals surface area contributed by atoms with Crippen molar-refractivity contribution in [3.05, 3.63) is 21.8 Å². The van der Waals surface area contributed by atoms with Crippen LogP contribution in [0.2, 0.25) is 5.02 Å². The lowest BCUT2D eigenvalue weighted by Gasteiger charge is -1.96. The zero-order chi connectivity index (χ0) is 8.72. The third-order valence-electron chi connectivity index (χ3n) is 1.61. The second-order valence-corrected chi connectivity index (χ2v) is 3.66. The van der Waals surface area contributed by atoms with Gasteiger partial charge >= 0.3 is 0 Å². The van der Waals surface area contributed by atoms with Gasteiger partial charge in [-0.25, -0.2) is 0 Å². The Bertz CT molecular complexity index is 437.